The van der Waals surface area contributed by atoms with Gasteiger partial charge in [0.25, 0.3) is 0 Å². The molecule has 0 spiro atoms. The predicted molar refractivity (Wildman–Crippen MR) is 71.6 cm³/mol. The summed E-state index contributed by atoms with van der Waals surface area (Å²) in [6, 6.07) is 7.59. The molecule has 2 aromatic rings. The normalized spacial score (nSPS) is 15.6. The molecule has 0 unspecified atom stereocenters. The summed E-state index contributed by atoms with van der Waals surface area (Å²) in [6.07, 6.45) is -1.19. The van der Waals surface area contributed by atoms with Gasteiger partial charge in [-0.2, -0.15) is 5.10 Å². The predicted octanol–water partition coefficient (Wildman–Crippen LogP) is 4.32. The highest BCUT2D eigenvalue weighted by atomic mass is 19.4. The van der Waals surface area contributed by atoms with Crippen molar-refractivity contribution in [2.45, 2.75) is 31.5 Å². The molecule has 0 radical (unpaired) electrons. The lowest BCUT2D eigenvalue weighted by Gasteiger charge is -2.22. The van der Waals surface area contributed by atoms with E-state index in [4.69, 9.17) is 0 Å². The van der Waals surface area contributed by atoms with Gasteiger partial charge in [0, 0.05) is 23.7 Å². The highest BCUT2D eigenvalue weighted by Crippen LogP contribution is 2.36. The molecule has 0 saturated heterocycles. The van der Waals surface area contributed by atoms with Gasteiger partial charge in [-0.3, -0.25) is 5.10 Å². The third kappa shape index (κ3) is 3.48. The molecule has 2 N–H and O–H groups in total. The highest BCUT2D eigenvalue weighted by molar-refractivity contribution is 5.58. The number of alkyl halides is 3. The van der Waals surface area contributed by atoms with E-state index in [-0.39, 0.29) is 5.75 Å². The molecular weight excluding hydrogens is 283 g/mol. The highest BCUT2D eigenvalue weighted by Gasteiger charge is 2.31. The fourth-order valence-corrected chi connectivity index (χ4v) is 2.24. The fraction of sp³-hybridized carbons (Fsp3) is 0.357. The number of hydrogen-bond acceptors (Lipinski definition) is 3. The first-order chi connectivity index (χ1) is 9.99. The number of halogens is 3. The van der Waals surface area contributed by atoms with E-state index in [9.17, 15) is 13.2 Å². The Hall–Kier alpha value is -2.18. The summed E-state index contributed by atoms with van der Waals surface area (Å²) in [4.78, 5) is 0. The van der Waals surface area contributed by atoms with Crippen molar-refractivity contribution < 1.29 is 17.9 Å². The van der Waals surface area contributed by atoms with Gasteiger partial charge in [-0.1, -0.05) is 12.5 Å². The van der Waals surface area contributed by atoms with Gasteiger partial charge >= 0.3 is 6.36 Å². The Bertz CT molecular complexity index is 620. The second-order valence-electron chi connectivity index (χ2n) is 5.03. The molecule has 1 fully saturated rings. The van der Waals surface area contributed by atoms with E-state index < -0.39 is 6.36 Å². The van der Waals surface area contributed by atoms with Gasteiger partial charge in [-0.15, -0.1) is 13.2 Å². The summed E-state index contributed by atoms with van der Waals surface area (Å²) in [6.45, 7) is 0. The lowest BCUT2D eigenvalue weighted by Crippen LogP contribution is -2.17. The Morgan fingerprint density at radius 3 is 2.71 bits per heavy atom. The van der Waals surface area contributed by atoms with Gasteiger partial charge in [0.15, 0.2) is 0 Å². The van der Waals surface area contributed by atoms with Gasteiger partial charge in [0.1, 0.15) is 11.6 Å². The number of nitrogens with zero attached hydrogens (tertiary/aromatic N) is 1. The van der Waals surface area contributed by atoms with Crippen LogP contribution in [0.1, 0.15) is 30.9 Å². The molecule has 1 aliphatic carbocycles. The summed E-state index contributed by atoms with van der Waals surface area (Å²) in [5, 5.41) is 10.1. The number of anilines is 2. The van der Waals surface area contributed by atoms with Crippen LogP contribution in [0.25, 0.3) is 0 Å². The number of H-pyrrole nitrogens is 1. The first-order valence-corrected chi connectivity index (χ1v) is 6.68. The number of aromatic amines is 1. The van der Waals surface area contributed by atoms with Gasteiger partial charge in [0.05, 0.1) is 5.69 Å². The van der Waals surface area contributed by atoms with Crippen LogP contribution in [-0.2, 0) is 0 Å². The summed E-state index contributed by atoms with van der Waals surface area (Å²) >= 11 is 0. The van der Waals surface area contributed by atoms with Crippen molar-refractivity contribution in [3.05, 3.63) is 36.0 Å². The second kappa shape index (κ2) is 5.31. The third-order valence-electron chi connectivity index (χ3n) is 3.47. The van der Waals surface area contributed by atoms with Gasteiger partial charge in [0.2, 0.25) is 0 Å². The minimum atomic E-state index is -4.69. The van der Waals surface area contributed by atoms with Crippen LogP contribution < -0.4 is 10.1 Å². The van der Waals surface area contributed by atoms with Crippen molar-refractivity contribution in [1.82, 2.24) is 10.2 Å². The topological polar surface area (TPSA) is 49.9 Å². The Balaban J connectivity index is 1.69. The molecule has 1 aliphatic rings. The molecule has 1 saturated carbocycles. The van der Waals surface area contributed by atoms with E-state index in [1.54, 1.807) is 6.07 Å². The molecule has 1 aromatic carbocycles. The number of hydrogen-bond donors (Lipinski definition) is 2. The Labute approximate surface area is 119 Å². The van der Waals surface area contributed by atoms with Crippen LogP contribution in [0.5, 0.6) is 5.75 Å². The quantitative estimate of drug-likeness (QED) is 0.883. The minimum absolute atomic E-state index is 0.258. The maximum Gasteiger partial charge on any atom is 0.573 e. The van der Waals surface area contributed by atoms with E-state index in [0.717, 1.165) is 18.5 Å². The molecule has 4 nitrogen and oxygen atoms in total. The molecule has 112 valence electrons. The van der Waals surface area contributed by atoms with Crippen LogP contribution in [0.15, 0.2) is 30.3 Å². The van der Waals surface area contributed by atoms with E-state index in [1.165, 1.54) is 24.6 Å². The Kier molecular flexibility index (Phi) is 3.48. The SMILES string of the molecule is FC(F)(F)Oc1cccc(Nc2cc(C3CCC3)n[nH]2)c1. The third-order valence-corrected chi connectivity index (χ3v) is 3.47. The lowest BCUT2D eigenvalue weighted by atomic mass is 9.83. The molecule has 3 rings (SSSR count). The summed E-state index contributed by atoms with van der Waals surface area (Å²) in [7, 11) is 0. The first kappa shape index (κ1) is 13.8. The number of rotatable bonds is 4. The maximum atomic E-state index is 12.2. The first-order valence-electron chi connectivity index (χ1n) is 6.68. The van der Waals surface area contributed by atoms with Crippen LogP contribution in [0, 0.1) is 0 Å². The van der Waals surface area contributed by atoms with Crippen LogP contribution in [0.4, 0.5) is 24.7 Å². The van der Waals surface area contributed by atoms with Crippen molar-refractivity contribution >= 4 is 11.5 Å². The summed E-state index contributed by atoms with van der Waals surface area (Å²) in [5.74, 6) is 0.893. The monoisotopic (exact) mass is 297 g/mol. The van der Waals surface area contributed by atoms with Crippen molar-refractivity contribution in [2.24, 2.45) is 0 Å². The van der Waals surface area contributed by atoms with Crippen LogP contribution >= 0.6 is 0 Å². The molecule has 1 heterocycles. The van der Waals surface area contributed by atoms with Crippen LogP contribution in [0.3, 0.4) is 0 Å². The molecule has 0 aliphatic heterocycles. The maximum absolute atomic E-state index is 12.2. The van der Waals surface area contributed by atoms with E-state index in [1.807, 2.05) is 6.07 Å². The van der Waals surface area contributed by atoms with Gasteiger partial charge < -0.3 is 10.1 Å². The summed E-state index contributed by atoms with van der Waals surface area (Å²) in [5.41, 5.74) is 1.49. The van der Waals surface area contributed by atoms with Gasteiger partial charge in [-0.25, -0.2) is 0 Å². The largest absolute Gasteiger partial charge is 0.573 e. The standard InChI is InChI=1S/C14H14F3N3O/c15-14(16,17)21-11-6-2-5-10(7-11)18-13-8-12(19-20-13)9-3-1-4-9/h2,5-9H,1,3-4H2,(H2,18,19,20). The van der Waals surface area contributed by atoms with E-state index in [2.05, 4.69) is 20.3 Å². The van der Waals surface area contributed by atoms with Crippen LogP contribution in [-0.4, -0.2) is 16.6 Å². The second-order valence-corrected chi connectivity index (χ2v) is 5.03. The van der Waals surface area contributed by atoms with Crippen molar-refractivity contribution in [1.29, 1.82) is 0 Å². The average molecular weight is 297 g/mol. The number of ether oxygens (including phenoxy) is 1. The van der Waals surface area contributed by atoms with Crippen molar-refractivity contribution in [2.75, 3.05) is 5.32 Å². The average Bonchev–Trinajstić information content (AvgIpc) is 2.73. The molecule has 0 amide bonds. The number of aromatic nitrogens is 2. The van der Waals surface area contributed by atoms with E-state index >= 15 is 0 Å². The van der Waals surface area contributed by atoms with Crippen molar-refractivity contribution in [3.8, 4) is 5.75 Å². The zero-order valence-corrected chi connectivity index (χ0v) is 11.1. The summed E-state index contributed by atoms with van der Waals surface area (Å²) < 4.78 is 40.4. The Morgan fingerprint density at radius 1 is 1.24 bits per heavy atom. The number of nitrogens with one attached hydrogen (secondary N) is 2. The fourth-order valence-electron chi connectivity index (χ4n) is 2.24. The zero-order valence-electron chi connectivity index (χ0n) is 11.1. The smallest absolute Gasteiger partial charge is 0.406 e. The lowest BCUT2D eigenvalue weighted by molar-refractivity contribution is -0.274. The van der Waals surface area contributed by atoms with Crippen LogP contribution in [0.2, 0.25) is 0 Å². The number of benzene rings is 1. The molecule has 0 atom stereocenters. The molecule has 0 bridgehead atoms. The molecule has 21 heavy (non-hydrogen) atoms. The van der Waals surface area contributed by atoms with Crippen molar-refractivity contribution in [3.63, 3.8) is 0 Å². The molecule has 1 aromatic heterocycles. The van der Waals surface area contributed by atoms with Gasteiger partial charge in [-0.05, 0) is 25.0 Å². The molecular formula is C14H14F3N3O. The zero-order chi connectivity index (χ0) is 14.9. The minimum Gasteiger partial charge on any atom is -0.406 e. The molecule has 7 heteroatoms. The van der Waals surface area contributed by atoms with E-state index in [0.29, 0.717) is 17.4 Å². The Morgan fingerprint density at radius 2 is 2.05 bits per heavy atom.